The minimum atomic E-state index is -0.592. The number of anilines is 2. The van der Waals surface area contributed by atoms with E-state index in [2.05, 4.69) is 25.0 Å². The summed E-state index contributed by atoms with van der Waals surface area (Å²) in [5.41, 5.74) is 2.84. The van der Waals surface area contributed by atoms with Gasteiger partial charge in [-0.15, -0.1) is 5.10 Å². The molecule has 29 heavy (non-hydrogen) atoms. The fraction of sp³-hybridized carbons (Fsp3) is 0.316. The highest BCUT2D eigenvalue weighted by molar-refractivity contribution is 5.84. The molecule has 0 saturated carbocycles. The summed E-state index contributed by atoms with van der Waals surface area (Å²) < 4.78 is 11.7. The van der Waals surface area contributed by atoms with E-state index < -0.39 is 6.09 Å². The van der Waals surface area contributed by atoms with Crippen molar-refractivity contribution in [3.63, 3.8) is 0 Å². The molecule has 0 atom stereocenters. The lowest BCUT2D eigenvalue weighted by atomic mass is 10.1. The van der Waals surface area contributed by atoms with Gasteiger partial charge in [0.05, 0.1) is 20.3 Å². The Morgan fingerprint density at radius 1 is 1.31 bits per heavy atom. The van der Waals surface area contributed by atoms with Crippen LogP contribution in [0.4, 0.5) is 16.4 Å². The second kappa shape index (κ2) is 7.84. The van der Waals surface area contributed by atoms with Crippen LogP contribution in [0.15, 0.2) is 24.5 Å². The number of rotatable bonds is 4. The van der Waals surface area contributed by atoms with Crippen molar-refractivity contribution in [2.24, 2.45) is 0 Å². The highest BCUT2D eigenvalue weighted by Crippen LogP contribution is 2.27. The lowest BCUT2D eigenvalue weighted by Crippen LogP contribution is -2.37. The maximum atomic E-state index is 11.4. The number of hydrogen-bond acceptors (Lipinski definition) is 8. The Labute approximate surface area is 166 Å². The molecule has 3 aromatic heterocycles. The van der Waals surface area contributed by atoms with Crippen LogP contribution >= 0.6 is 0 Å². The number of ether oxygens (including phenoxy) is 2. The number of morpholine rings is 1. The predicted octanol–water partition coefficient (Wildman–Crippen LogP) is 1.93. The molecule has 4 rings (SSSR count). The molecule has 0 aliphatic carbocycles. The number of aryl methyl sites for hydroxylation is 1. The summed E-state index contributed by atoms with van der Waals surface area (Å²) in [5, 5.41) is 7.11. The van der Waals surface area contributed by atoms with Crippen molar-refractivity contribution in [3.05, 3.63) is 35.7 Å². The van der Waals surface area contributed by atoms with Crippen LogP contribution in [0.1, 0.15) is 15.9 Å². The smallest absolute Gasteiger partial charge is 0.412 e. The van der Waals surface area contributed by atoms with Gasteiger partial charge in [-0.3, -0.25) is 10.1 Å². The first-order chi connectivity index (χ1) is 14.1. The minimum absolute atomic E-state index is 0.372. The fourth-order valence-corrected chi connectivity index (χ4v) is 3.20. The van der Waals surface area contributed by atoms with Gasteiger partial charge >= 0.3 is 6.09 Å². The molecule has 0 bridgehead atoms. The first-order valence-electron chi connectivity index (χ1n) is 9.09. The number of fused-ring (bicyclic) bond motifs is 1. The van der Waals surface area contributed by atoms with Gasteiger partial charge in [-0.2, -0.15) is 0 Å². The summed E-state index contributed by atoms with van der Waals surface area (Å²) in [7, 11) is 1.29. The van der Waals surface area contributed by atoms with E-state index in [-0.39, 0.29) is 0 Å². The van der Waals surface area contributed by atoms with Crippen LogP contribution in [0.3, 0.4) is 0 Å². The Balaban J connectivity index is 1.79. The summed E-state index contributed by atoms with van der Waals surface area (Å²) in [6.45, 7) is 4.51. The fourth-order valence-electron chi connectivity index (χ4n) is 3.20. The molecule has 3 aromatic rings. The standard InChI is InChI=1S/C19H20N6O4/c1-12-7-16(21-19(27)28-2)20-9-14(12)17-22-18(24-3-5-29-6-4-24)15-8-13(11-26)10-25(15)23-17/h7-11H,3-6H2,1-2H3,(H,20,21,27). The highest BCUT2D eigenvalue weighted by Gasteiger charge is 2.20. The van der Waals surface area contributed by atoms with Crippen LogP contribution in [0.25, 0.3) is 16.9 Å². The summed E-state index contributed by atoms with van der Waals surface area (Å²) >= 11 is 0. The predicted molar refractivity (Wildman–Crippen MR) is 105 cm³/mol. The van der Waals surface area contributed by atoms with Crippen molar-refractivity contribution in [3.8, 4) is 11.4 Å². The van der Waals surface area contributed by atoms with E-state index in [0.717, 1.165) is 28.7 Å². The number of nitrogens with zero attached hydrogens (tertiary/aromatic N) is 5. The normalized spacial score (nSPS) is 14.1. The monoisotopic (exact) mass is 396 g/mol. The maximum Gasteiger partial charge on any atom is 0.412 e. The number of amides is 1. The summed E-state index contributed by atoms with van der Waals surface area (Å²) in [6, 6.07) is 3.50. The molecular formula is C19H20N6O4. The third-order valence-corrected chi connectivity index (χ3v) is 4.68. The van der Waals surface area contributed by atoms with E-state index in [1.165, 1.54) is 7.11 Å². The van der Waals surface area contributed by atoms with Gasteiger partial charge in [0.15, 0.2) is 17.9 Å². The van der Waals surface area contributed by atoms with Crippen molar-refractivity contribution in [1.29, 1.82) is 0 Å². The quantitative estimate of drug-likeness (QED) is 0.666. The van der Waals surface area contributed by atoms with Crippen molar-refractivity contribution in [2.75, 3.05) is 43.6 Å². The third-order valence-electron chi connectivity index (χ3n) is 4.68. The molecule has 1 aliphatic rings. The first-order valence-corrected chi connectivity index (χ1v) is 9.09. The molecular weight excluding hydrogens is 376 g/mol. The van der Waals surface area contributed by atoms with Crippen LogP contribution < -0.4 is 10.2 Å². The Bertz CT molecular complexity index is 1070. The van der Waals surface area contributed by atoms with E-state index in [1.54, 1.807) is 29.0 Å². The lowest BCUT2D eigenvalue weighted by molar-refractivity contribution is 0.112. The molecule has 0 spiro atoms. The Morgan fingerprint density at radius 2 is 2.10 bits per heavy atom. The molecule has 150 valence electrons. The molecule has 10 nitrogen and oxygen atoms in total. The van der Waals surface area contributed by atoms with Crippen molar-refractivity contribution in [1.82, 2.24) is 19.6 Å². The van der Waals surface area contributed by atoms with Gasteiger partial charge in [0.25, 0.3) is 0 Å². The number of carbonyl (C=O) groups excluding carboxylic acids is 2. The molecule has 0 radical (unpaired) electrons. The van der Waals surface area contributed by atoms with Gasteiger partial charge in [-0.05, 0) is 24.6 Å². The van der Waals surface area contributed by atoms with Crippen LogP contribution in [-0.4, -0.2) is 65.4 Å². The van der Waals surface area contributed by atoms with Crippen LogP contribution in [0, 0.1) is 6.92 Å². The molecule has 1 amide bonds. The SMILES string of the molecule is COC(=O)Nc1cc(C)c(-c2nc(N3CCOCC3)c3cc(C=O)cn3n2)cn1. The molecule has 1 saturated heterocycles. The topological polar surface area (TPSA) is 111 Å². The molecule has 1 aliphatic heterocycles. The van der Waals surface area contributed by atoms with Gasteiger partial charge in [0.2, 0.25) is 0 Å². The second-order valence-electron chi connectivity index (χ2n) is 6.58. The molecule has 4 heterocycles. The molecule has 0 aromatic carbocycles. The van der Waals surface area contributed by atoms with Crippen LogP contribution in [-0.2, 0) is 9.47 Å². The molecule has 1 N–H and O–H groups in total. The summed E-state index contributed by atoms with van der Waals surface area (Å²) in [6.07, 6.45) is 3.48. The first kappa shape index (κ1) is 18.8. The molecule has 0 unspecified atom stereocenters. The zero-order chi connectivity index (χ0) is 20.4. The lowest BCUT2D eigenvalue weighted by Gasteiger charge is -2.28. The Kier molecular flexibility index (Phi) is 5.09. The van der Waals surface area contributed by atoms with Gasteiger partial charge in [-0.25, -0.2) is 19.3 Å². The van der Waals surface area contributed by atoms with E-state index in [0.29, 0.717) is 43.5 Å². The number of aldehydes is 1. The van der Waals surface area contributed by atoms with Gasteiger partial charge < -0.3 is 14.4 Å². The van der Waals surface area contributed by atoms with Crippen LogP contribution in [0.2, 0.25) is 0 Å². The average Bonchev–Trinajstić information content (AvgIpc) is 3.17. The minimum Gasteiger partial charge on any atom is -0.453 e. The highest BCUT2D eigenvalue weighted by atomic mass is 16.5. The van der Waals surface area contributed by atoms with E-state index >= 15 is 0 Å². The van der Waals surface area contributed by atoms with Gasteiger partial charge in [0, 0.05) is 36.6 Å². The van der Waals surface area contributed by atoms with E-state index in [4.69, 9.17) is 9.72 Å². The number of carbonyl (C=O) groups is 2. The van der Waals surface area contributed by atoms with Crippen LogP contribution in [0.5, 0.6) is 0 Å². The number of aromatic nitrogens is 4. The molecule has 1 fully saturated rings. The number of methoxy groups -OCH3 is 1. The Morgan fingerprint density at radius 3 is 2.79 bits per heavy atom. The maximum absolute atomic E-state index is 11.4. The summed E-state index contributed by atoms with van der Waals surface area (Å²) in [4.78, 5) is 33.8. The number of pyridine rings is 1. The van der Waals surface area contributed by atoms with E-state index in [1.807, 2.05) is 6.92 Å². The number of nitrogens with one attached hydrogen (secondary N) is 1. The van der Waals surface area contributed by atoms with Gasteiger partial charge in [-0.1, -0.05) is 0 Å². The summed E-state index contributed by atoms with van der Waals surface area (Å²) in [5.74, 6) is 1.58. The van der Waals surface area contributed by atoms with Crippen molar-refractivity contribution < 1.29 is 19.1 Å². The van der Waals surface area contributed by atoms with E-state index in [9.17, 15) is 9.59 Å². The number of hydrogen-bond donors (Lipinski definition) is 1. The zero-order valence-electron chi connectivity index (χ0n) is 16.1. The third kappa shape index (κ3) is 3.74. The largest absolute Gasteiger partial charge is 0.453 e. The second-order valence-corrected chi connectivity index (χ2v) is 6.58. The van der Waals surface area contributed by atoms with Crippen molar-refractivity contribution in [2.45, 2.75) is 6.92 Å². The van der Waals surface area contributed by atoms with Crippen molar-refractivity contribution >= 4 is 29.5 Å². The molecule has 10 heteroatoms. The van der Waals surface area contributed by atoms with Gasteiger partial charge in [0.1, 0.15) is 11.3 Å². The zero-order valence-corrected chi connectivity index (χ0v) is 16.1. The Hall–Kier alpha value is -3.53. The average molecular weight is 396 g/mol.